The molecule has 0 spiro atoms. The Balaban J connectivity index is 3.94. The van der Waals surface area contributed by atoms with Crippen molar-refractivity contribution in [3.05, 3.63) is 0 Å². The van der Waals surface area contributed by atoms with Gasteiger partial charge in [0.25, 0.3) is 0 Å². The van der Waals surface area contributed by atoms with Crippen LogP contribution in [0.3, 0.4) is 0 Å². The quantitative estimate of drug-likeness (QED) is 0.631. The highest BCUT2D eigenvalue weighted by atomic mass is 16.5. The van der Waals surface area contributed by atoms with Crippen LogP contribution in [0.2, 0.25) is 0 Å². The largest absolute Gasteiger partial charge is 0.394 e. The molecule has 0 amide bonds. The number of nitrogens with one attached hydrogen (secondary N) is 1. The molecule has 0 aliphatic carbocycles. The first kappa shape index (κ1) is 12.9. The number of aliphatic hydroxyl groups is 1. The van der Waals surface area contributed by atoms with E-state index in [4.69, 9.17) is 4.74 Å². The zero-order valence-corrected chi connectivity index (χ0v) is 9.26. The zero-order chi connectivity index (χ0) is 10.3. The first-order valence-electron chi connectivity index (χ1n) is 4.96. The standard InChI is InChI=1S/C10H23NO2/c1-5-6-11-10(3,8-12)7-9(2)13-4/h9,11-12H,5-8H2,1-4H3. The maximum atomic E-state index is 9.24. The van der Waals surface area contributed by atoms with Crippen molar-refractivity contribution in [2.75, 3.05) is 20.3 Å². The molecule has 80 valence electrons. The van der Waals surface area contributed by atoms with E-state index in [0.29, 0.717) is 0 Å². The number of aliphatic hydroxyl groups excluding tert-OH is 1. The van der Waals surface area contributed by atoms with Crippen LogP contribution >= 0.6 is 0 Å². The van der Waals surface area contributed by atoms with Crippen LogP contribution in [0.1, 0.15) is 33.6 Å². The van der Waals surface area contributed by atoms with Crippen LogP contribution in [0.15, 0.2) is 0 Å². The summed E-state index contributed by atoms with van der Waals surface area (Å²) >= 11 is 0. The van der Waals surface area contributed by atoms with Gasteiger partial charge in [0, 0.05) is 12.6 Å². The Morgan fingerprint density at radius 3 is 2.54 bits per heavy atom. The highest BCUT2D eigenvalue weighted by Crippen LogP contribution is 2.13. The van der Waals surface area contributed by atoms with Gasteiger partial charge in [0.05, 0.1) is 12.7 Å². The molecule has 0 bridgehead atoms. The monoisotopic (exact) mass is 189 g/mol. The van der Waals surface area contributed by atoms with Crippen molar-refractivity contribution >= 4 is 0 Å². The van der Waals surface area contributed by atoms with Gasteiger partial charge in [-0.25, -0.2) is 0 Å². The van der Waals surface area contributed by atoms with E-state index in [0.717, 1.165) is 19.4 Å². The average Bonchev–Trinajstić information content (AvgIpc) is 2.14. The number of ether oxygens (including phenoxy) is 1. The SMILES string of the molecule is CCCNC(C)(CO)CC(C)OC. The van der Waals surface area contributed by atoms with Gasteiger partial charge in [-0.1, -0.05) is 6.92 Å². The summed E-state index contributed by atoms with van der Waals surface area (Å²) in [6.45, 7) is 7.25. The predicted molar refractivity (Wildman–Crippen MR) is 54.9 cm³/mol. The summed E-state index contributed by atoms with van der Waals surface area (Å²) in [4.78, 5) is 0. The third kappa shape index (κ3) is 5.24. The zero-order valence-electron chi connectivity index (χ0n) is 9.26. The van der Waals surface area contributed by atoms with E-state index in [1.54, 1.807) is 7.11 Å². The number of hydrogen-bond donors (Lipinski definition) is 2. The third-order valence-electron chi connectivity index (χ3n) is 2.29. The molecule has 3 heteroatoms. The van der Waals surface area contributed by atoms with E-state index >= 15 is 0 Å². The van der Waals surface area contributed by atoms with Crippen LogP contribution in [-0.4, -0.2) is 37.0 Å². The van der Waals surface area contributed by atoms with Gasteiger partial charge < -0.3 is 15.2 Å². The molecular formula is C10H23NO2. The van der Waals surface area contributed by atoms with Crippen molar-refractivity contribution in [2.45, 2.75) is 45.3 Å². The summed E-state index contributed by atoms with van der Waals surface area (Å²) in [7, 11) is 1.70. The first-order valence-corrected chi connectivity index (χ1v) is 4.96. The van der Waals surface area contributed by atoms with Gasteiger partial charge in [0.15, 0.2) is 0 Å². The molecule has 0 radical (unpaired) electrons. The molecule has 0 rings (SSSR count). The lowest BCUT2D eigenvalue weighted by Gasteiger charge is -2.31. The minimum Gasteiger partial charge on any atom is -0.394 e. The van der Waals surface area contributed by atoms with E-state index < -0.39 is 0 Å². The van der Waals surface area contributed by atoms with Gasteiger partial charge in [-0.3, -0.25) is 0 Å². The second kappa shape index (κ2) is 6.35. The average molecular weight is 189 g/mol. The predicted octanol–water partition coefficient (Wildman–Crippen LogP) is 1.16. The van der Waals surface area contributed by atoms with E-state index in [9.17, 15) is 5.11 Å². The minimum atomic E-state index is -0.203. The van der Waals surface area contributed by atoms with Crippen LogP contribution in [0.5, 0.6) is 0 Å². The maximum Gasteiger partial charge on any atom is 0.0611 e. The second-order valence-corrected chi connectivity index (χ2v) is 3.90. The van der Waals surface area contributed by atoms with Crippen molar-refractivity contribution < 1.29 is 9.84 Å². The van der Waals surface area contributed by atoms with Gasteiger partial charge in [0.1, 0.15) is 0 Å². The molecule has 2 N–H and O–H groups in total. The Morgan fingerprint density at radius 2 is 2.15 bits per heavy atom. The van der Waals surface area contributed by atoms with Gasteiger partial charge in [0.2, 0.25) is 0 Å². The van der Waals surface area contributed by atoms with Crippen molar-refractivity contribution in [1.29, 1.82) is 0 Å². The Hall–Kier alpha value is -0.120. The molecular weight excluding hydrogens is 166 g/mol. The molecule has 0 fully saturated rings. The van der Waals surface area contributed by atoms with Gasteiger partial charge in [-0.15, -0.1) is 0 Å². The lowest BCUT2D eigenvalue weighted by atomic mass is 9.95. The summed E-state index contributed by atoms with van der Waals surface area (Å²) in [5.41, 5.74) is -0.203. The normalized spacial score (nSPS) is 18.2. The molecule has 0 aromatic carbocycles. The van der Waals surface area contributed by atoms with Crippen molar-refractivity contribution in [1.82, 2.24) is 5.32 Å². The van der Waals surface area contributed by atoms with E-state index in [2.05, 4.69) is 12.2 Å². The van der Waals surface area contributed by atoms with E-state index in [1.165, 1.54) is 0 Å². The van der Waals surface area contributed by atoms with Crippen LogP contribution in [0.25, 0.3) is 0 Å². The number of methoxy groups -OCH3 is 1. The molecule has 0 aliphatic heterocycles. The molecule has 0 heterocycles. The smallest absolute Gasteiger partial charge is 0.0611 e. The molecule has 3 nitrogen and oxygen atoms in total. The minimum absolute atomic E-state index is 0.153. The van der Waals surface area contributed by atoms with E-state index in [1.807, 2.05) is 13.8 Å². The second-order valence-electron chi connectivity index (χ2n) is 3.90. The van der Waals surface area contributed by atoms with Crippen molar-refractivity contribution in [3.8, 4) is 0 Å². The summed E-state index contributed by atoms with van der Waals surface area (Å²) in [5, 5.41) is 12.6. The molecule has 0 aromatic rings. The van der Waals surface area contributed by atoms with Crippen LogP contribution < -0.4 is 5.32 Å². The fraction of sp³-hybridized carbons (Fsp3) is 1.00. The molecule has 0 aliphatic rings. The lowest BCUT2D eigenvalue weighted by Crippen LogP contribution is -2.48. The van der Waals surface area contributed by atoms with Gasteiger partial charge in [-0.2, -0.15) is 0 Å². The highest BCUT2D eigenvalue weighted by Gasteiger charge is 2.24. The molecule has 0 saturated carbocycles. The molecule has 2 atom stereocenters. The molecule has 0 aromatic heterocycles. The van der Waals surface area contributed by atoms with Crippen LogP contribution in [0.4, 0.5) is 0 Å². The Morgan fingerprint density at radius 1 is 1.54 bits per heavy atom. The topological polar surface area (TPSA) is 41.5 Å². The Labute approximate surface area is 81.5 Å². The Kier molecular flexibility index (Phi) is 6.29. The van der Waals surface area contributed by atoms with E-state index in [-0.39, 0.29) is 18.2 Å². The first-order chi connectivity index (χ1) is 6.08. The highest BCUT2D eigenvalue weighted by molar-refractivity contribution is 4.84. The Bertz CT molecular complexity index is 130. The van der Waals surface area contributed by atoms with Gasteiger partial charge >= 0.3 is 0 Å². The molecule has 0 saturated heterocycles. The molecule has 2 unspecified atom stereocenters. The third-order valence-corrected chi connectivity index (χ3v) is 2.29. The summed E-state index contributed by atoms with van der Waals surface area (Å²) in [6.07, 6.45) is 2.10. The fourth-order valence-corrected chi connectivity index (χ4v) is 1.34. The summed E-state index contributed by atoms with van der Waals surface area (Å²) in [5.74, 6) is 0. The van der Waals surface area contributed by atoms with Crippen molar-refractivity contribution in [3.63, 3.8) is 0 Å². The maximum absolute atomic E-state index is 9.24. The van der Waals surface area contributed by atoms with Gasteiger partial charge in [-0.05, 0) is 33.2 Å². The lowest BCUT2D eigenvalue weighted by molar-refractivity contribution is 0.0616. The summed E-state index contributed by atoms with van der Waals surface area (Å²) in [6, 6.07) is 0. The summed E-state index contributed by atoms with van der Waals surface area (Å²) < 4.78 is 5.18. The van der Waals surface area contributed by atoms with Crippen LogP contribution in [0, 0.1) is 0 Å². The fourth-order valence-electron chi connectivity index (χ4n) is 1.34. The molecule has 13 heavy (non-hydrogen) atoms. The van der Waals surface area contributed by atoms with Crippen molar-refractivity contribution in [2.24, 2.45) is 0 Å². The number of rotatable bonds is 7. The number of hydrogen-bond acceptors (Lipinski definition) is 3. The van der Waals surface area contributed by atoms with Crippen LogP contribution in [-0.2, 0) is 4.74 Å².